The van der Waals surface area contributed by atoms with E-state index in [0.29, 0.717) is 45.9 Å². The fourth-order valence-corrected chi connectivity index (χ4v) is 7.10. The normalized spacial score (nSPS) is 17.3. The van der Waals surface area contributed by atoms with E-state index in [4.69, 9.17) is 24.3 Å². The van der Waals surface area contributed by atoms with Crippen molar-refractivity contribution < 1.29 is 31.4 Å². The summed E-state index contributed by atoms with van der Waals surface area (Å²) < 4.78 is 76.3. The van der Waals surface area contributed by atoms with Crippen molar-refractivity contribution in [1.29, 1.82) is 0 Å². The summed E-state index contributed by atoms with van der Waals surface area (Å²) in [6, 6.07) is 4.14. The number of halogens is 2. The number of hydrogen-bond donors (Lipinski definition) is 1. The zero-order valence-corrected chi connectivity index (χ0v) is 27.2. The first-order valence-corrected chi connectivity index (χ1v) is 20.1. The summed E-state index contributed by atoms with van der Waals surface area (Å²) in [6.07, 6.45) is 6.31. The van der Waals surface area contributed by atoms with Crippen LogP contribution in [0.4, 0.5) is 8.78 Å². The third kappa shape index (κ3) is 6.38. The van der Waals surface area contributed by atoms with E-state index < -0.39 is 30.8 Å². The minimum Gasteiger partial charge on any atom is -0.476 e. The van der Waals surface area contributed by atoms with Crippen LogP contribution in [0.2, 0.25) is 25.7 Å². The van der Waals surface area contributed by atoms with Gasteiger partial charge in [-0.15, -0.1) is 5.10 Å². The molecule has 4 aromatic rings. The molecule has 0 amide bonds. The molecule has 6 rings (SSSR count). The lowest BCUT2D eigenvalue weighted by Crippen LogP contribution is -2.44. The molecule has 16 heteroatoms. The molecule has 0 saturated heterocycles. The Kier molecular flexibility index (Phi) is 8.05. The summed E-state index contributed by atoms with van der Waals surface area (Å²) in [7, 11) is -3.20. The third-order valence-electron chi connectivity index (χ3n) is 7.63. The smallest absolute Gasteiger partial charge is 0.388 e. The van der Waals surface area contributed by atoms with Crippen molar-refractivity contribution in [3.05, 3.63) is 30.2 Å². The standard InChI is InChI=1S/C28H37F2N7O5SSi/c1-35-14-20(26(33-35)42-28(29)30)21-19-7-6-10-31-25(19)36(16-40-11-12-44(3,4)5)24(21)22-23(17-8-9-17)32-37-13-18(15-41-27(22)37)34-43(2,38)39/h6-7,10,14,17-18,28,34H,8-9,11-13,15-16H2,1-5H3/t18-/m0/s1. The van der Waals surface area contributed by atoms with Crippen LogP contribution in [0, 0.1) is 0 Å². The number of fused-ring (bicyclic) bond motifs is 2. The van der Waals surface area contributed by atoms with E-state index in [9.17, 15) is 17.2 Å². The summed E-state index contributed by atoms with van der Waals surface area (Å²) in [5.41, 5.74) is 3.73. The van der Waals surface area contributed by atoms with Crippen molar-refractivity contribution in [2.75, 3.05) is 19.5 Å². The average Bonchev–Trinajstić information content (AvgIpc) is 3.51. The Hall–Kier alpha value is -3.34. The van der Waals surface area contributed by atoms with Crippen LogP contribution in [-0.2, 0) is 35.1 Å². The number of aryl methyl sites for hydroxylation is 1. The maximum atomic E-state index is 13.6. The Morgan fingerprint density at radius 2 is 1.98 bits per heavy atom. The molecule has 0 aromatic carbocycles. The third-order valence-corrected chi connectivity index (χ3v) is 10.1. The number of pyridine rings is 1. The second-order valence-electron chi connectivity index (χ2n) is 12.7. The van der Waals surface area contributed by atoms with E-state index >= 15 is 0 Å². The van der Waals surface area contributed by atoms with Gasteiger partial charge in [0.25, 0.3) is 0 Å². The molecule has 1 saturated carbocycles. The van der Waals surface area contributed by atoms with Crippen molar-refractivity contribution in [3.63, 3.8) is 0 Å². The number of hydrogen-bond acceptors (Lipinski definition) is 8. The highest BCUT2D eigenvalue weighted by Crippen LogP contribution is 2.52. The zero-order valence-electron chi connectivity index (χ0n) is 25.4. The molecular formula is C28H37F2N7O5SSi. The van der Waals surface area contributed by atoms with Gasteiger partial charge in [0, 0.05) is 51.0 Å². The minimum absolute atomic E-state index is 0.100. The summed E-state index contributed by atoms with van der Waals surface area (Å²) in [5, 5.41) is 9.85. The fraction of sp³-hybridized carbons (Fsp3) is 0.536. The quantitative estimate of drug-likeness (QED) is 0.177. The molecule has 1 fully saturated rings. The van der Waals surface area contributed by atoms with E-state index in [1.54, 1.807) is 30.2 Å². The minimum atomic E-state index is -3.47. The molecule has 0 unspecified atom stereocenters. The Bertz CT molecular complexity index is 1790. The van der Waals surface area contributed by atoms with Gasteiger partial charge in [0.2, 0.25) is 21.8 Å². The molecule has 12 nitrogen and oxygen atoms in total. The SMILES string of the molecule is Cn1cc(-c2c(-c3c(C4CC4)nn4c3OC[C@@H](NS(C)(=O)=O)C4)n(COCC[Si](C)(C)C)c3ncccc23)c(OC(F)F)n1. The number of sulfonamides is 1. The van der Waals surface area contributed by atoms with E-state index in [0.717, 1.165) is 30.8 Å². The van der Waals surface area contributed by atoms with Crippen molar-refractivity contribution in [3.8, 4) is 34.1 Å². The molecule has 2 aliphatic rings. The molecule has 1 aliphatic heterocycles. The van der Waals surface area contributed by atoms with E-state index in [-0.39, 0.29) is 31.7 Å². The Morgan fingerprint density at radius 3 is 2.66 bits per heavy atom. The predicted octanol–water partition coefficient (Wildman–Crippen LogP) is 4.40. The van der Waals surface area contributed by atoms with Crippen LogP contribution in [0.1, 0.15) is 24.5 Å². The van der Waals surface area contributed by atoms with Gasteiger partial charge in [-0.1, -0.05) is 19.6 Å². The highest BCUT2D eigenvalue weighted by atomic mass is 32.2. The van der Waals surface area contributed by atoms with Gasteiger partial charge in [0.15, 0.2) is 0 Å². The van der Waals surface area contributed by atoms with Crippen LogP contribution >= 0.6 is 0 Å². The molecule has 0 spiro atoms. The van der Waals surface area contributed by atoms with Gasteiger partial charge in [-0.25, -0.2) is 22.8 Å². The lowest BCUT2D eigenvalue weighted by Gasteiger charge is -2.25. The zero-order chi connectivity index (χ0) is 31.4. The van der Waals surface area contributed by atoms with Crippen LogP contribution in [-0.4, -0.2) is 77.7 Å². The Balaban J connectivity index is 1.57. The number of aromatic nitrogens is 6. The maximum Gasteiger partial charge on any atom is 0.388 e. The van der Waals surface area contributed by atoms with E-state index in [2.05, 4.69) is 29.5 Å². The van der Waals surface area contributed by atoms with Gasteiger partial charge >= 0.3 is 6.61 Å². The van der Waals surface area contributed by atoms with Crippen molar-refractivity contribution >= 4 is 29.1 Å². The van der Waals surface area contributed by atoms with Crippen molar-refractivity contribution in [2.45, 2.75) is 70.4 Å². The molecule has 1 atom stereocenters. The summed E-state index contributed by atoms with van der Waals surface area (Å²) >= 11 is 0. The lowest BCUT2D eigenvalue weighted by molar-refractivity contribution is -0.0527. The number of rotatable bonds is 12. The van der Waals surface area contributed by atoms with Crippen molar-refractivity contribution in [2.24, 2.45) is 7.05 Å². The summed E-state index contributed by atoms with van der Waals surface area (Å²) in [5.74, 6) is 0.434. The average molecular weight is 650 g/mol. The predicted molar refractivity (Wildman–Crippen MR) is 163 cm³/mol. The molecular weight excluding hydrogens is 613 g/mol. The van der Waals surface area contributed by atoms with Gasteiger partial charge in [-0.05, 0) is 31.0 Å². The van der Waals surface area contributed by atoms with Crippen LogP contribution in [0.25, 0.3) is 33.4 Å². The number of nitrogens with one attached hydrogen (secondary N) is 1. The van der Waals surface area contributed by atoms with E-state index in [1.165, 1.54) is 4.68 Å². The molecule has 0 radical (unpaired) electrons. The number of nitrogens with zero attached hydrogens (tertiary/aromatic N) is 6. The van der Waals surface area contributed by atoms with Gasteiger partial charge in [0.1, 0.15) is 19.0 Å². The molecule has 4 aromatic heterocycles. The van der Waals surface area contributed by atoms with Crippen LogP contribution in [0.15, 0.2) is 24.5 Å². The van der Waals surface area contributed by atoms with Gasteiger partial charge in [0.05, 0.1) is 41.4 Å². The van der Waals surface area contributed by atoms with E-state index in [1.807, 2.05) is 10.6 Å². The highest BCUT2D eigenvalue weighted by molar-refractivity contribution is 7.88. The second kappa shape index (κ2) is 11.5. The van der Waals surface area contributed by atoms with Crippen LogP contribution in [0.3, 0.4) is 0 Å². The van der Waals surface area contributed by atoms with Crippen LogP contribution < -0.4 is 14.2 Å². The Labute approximate surface area is 255 Å². The maximum absolute atomic E-state index is 13.6. The largest absolute Gasteiger partial charge is 0.476 e. The van der Waals surface area contributed by atoms with Gasteiger partial charge in [-0.3, -0.25) is 4.68 Å². The summed E-state index contributed by atoms with van der Waals surface area (Å²) in [4.78, 5) is 4.71. The second-order valence-corrected chi connectivity index (χ2v) is 20.1. The highest BCUT2D eigenvalue weighted by Gasteiger charge is 2.39. The molecule has 1 aliphatic carbocycles. The topological polar surface area (TPSA) is 127 Å². The summed E-state index contributed by atoms with van der Waals surface area (Å²) in [6.45, 7) is 4.86. The van der Waals surface area contributed by atoms with Gasteiger partial charge in [-0.2, -0.15) is 13.9 Å². The first kappa shape index (κ1) is 30.7. The molecule has 5 heterocycles. The molecule has 0 bridgehead atoms. The molecule has 44 heavy (non-hydrogen) atoms. The van der Waals surface area contributed by atoms with Gasteiger partial charge < -0.3 is 18.8 Å². The number of ether oxygens (including phenoxy) is 3. The first-order valence-electron chi connectivity index (χ1n) is 14.5. The monoisotopic (exact) mass is 649 g/mol. The van der Waals surface area contributed by atoms with Crippen molar-refractivity contribution in [1.82, 2.24) is 33.8 Å². The molecule has 1 N–H and O–H groups in total. The fourth-order valence-electron chi connectivity index (χ4n) is 5.59. The number of alkyl halides is 2. The van der Waals surface area contributed by atoms with Crippen LogP contribution in [0.5, 0.6) is 11.8 Å². The Morgan fingerprint density at radius 1 is 1.20 bits per heavy atom. The lowest BCUT2D eigenvalue weighted by atomic mass is 9.99. The first-order chi connectivity index (χ1) is 20.8. The molecule has 238 valence electrons.